The zero-order chi connectivity index (χ0) is 12.3. The molecule has 0 saturated carbocycles. The highest BCUT2D eigenvalue weighted by molar-refractivity contribution is 9.10. The summed E-state index contributed by atoms with van der Waals surface area (Å²) >= 11 is 3.34. The van der Waals surface area contributed by atoms with Gasteiger partial charge in [0.25, 0.3) is 0 Å². The maximum Gasteiger partial charge on any atom is 0.225 e. The summed E-state index contributed by atoms with van der Waals surface area (Å²) in [4.78, 5) is 13.1. The number of aliphatic hydroxyl groups is 1. The van der Waals surface area contributed by atoms with Crippen molar-refractivity contribution < 1.29 is 5.11 Å². The summed E-state index contributed by atoms with van der Waals surface area (Å²) in [5.41, 5.74) is 0. The Hall–Kier alpha value is -0.720. The third kappa shape index (κ3) is 3.14. The molecule has 1 fully saturated rings. The molecule has 2 rings (SSSR count). The summed E-state index contributed by atoms with van der Waals surface area (Å²) in [6.45, 7) is 5.93. The third-order valence-corrected chi connectivity index (χ3v) is 3.40. The van der Waals surface area contributed by atoms with Crippen molar-refractivity contribution in [3.8, 4) is 0 Å². The molecule has 1 saturated heterocycles. The van der Waals surface area contributed by atoms with Crippen molar-refractivity contribution in [2.75, 3.05) is 37.7 Å². The summed E-state index contributed by atoms with van der Waals surface area (Å²) in [6, 6.07) is 0.372. The van der Waals surface area contributed by atoms with Crippen LogP contribution in [0.15, 0.2) is 16.9 Å². The Labute approximate surface area is 110 Å². The number of aromatic nitrogens is 2. The predicted molar refractivity (Wildman–Crippen MR) is 70.1 cm³/mol. The normalized spacial score (nSPS) is 21.8. The Bertz CT molecular complexity index is 359. The van der Waals surface area contributed by atoms with E-state index in [1.54, 1.807) is 12.4 Å². The second kappa shape index (κ2) is 5.75. The average Bonchev–Trinajstić information content (AvgIpc) is 2.31. The van der Waals surface area contributed by atoms with E-state index in [0.29, 0.717) is 6.04 Å². The lowest BCUT2D eigenvalue weighted by molar-refractivity contribution is 0.173. The van der Waals surface area contributed by atoms with Gasteiger partial charge in [0.2, 0.25) is 5.95 Å². The molecule has 0 bridgehead atoms. The van der Waals surface area contributed by atoms with Crippen LogP contribution in [-0.2, 0) is 0 Å². The lowest BCUT2D eigenvalue weighted by Crippen LogP contribution is -2.53. The number of nitrogens with zero attached hydrogens (tertiary/aromatic N) is 4. The molecule has 1 unspecified atom stereocenters. The van der Waals surface area contributed by atoms with Crippen LogP contribution in [0.2, 0.25) is 0 Å². The van der Waals surface area contributed by atoms with Crippen molar-refractivity contribution in [1.82, 2.24) is 14.9 Å². The zero-order valence-corrected chi connectivity index (χ0v) is 11.5. The van der Waals surface area contributed by atoms with E-state index in [4.69, 9.17) is 5.11 Å². The van der Waals surface area contributed by atoms with Gasteiger partial charge in [-0.25, -0.2) is 9.97 Å². The highest BCUT2D eigenvalue weighted by atomic mass is 79.9. The van der Waals surface area contributed by atoms with Crippen LogP contribution < -0.4 is 4.90 Å². The standard InChI is InChI=1S/C11H17BrN4O/c1-9-8-15(4-5-17)2-3-16(9)11-13-6-10(12)7-14-11/h6-7,9,17H,2-5,8H2,1H3. The van der Waals surface area contributed by atoms with Gasteiger partial charge < -0.3 is 10.0 Å². The summed E-state index contributed by atoms with van der Waals surface area (Å²) in [5, 5.41) is 8.93. The molecule has 1 atom stereocenters. The molecule has 0 radical (unpaired) electrons. The summed E-state index contributed by atoms with van der Waals surface area (Å²) in [5.74, 6) is 0.782. The van der Waals surface area contributed by atoms with Crippen LogP contribution in [0.25, 0.3) is 0 Å². The molecule has 5 nitrogen and oxygen atoms in total. The Morgan fingerprint density at radius 3 is 2.71 bits per heavy atom. The number of anilines is 1. The second-order valence-electron chi connectivity index (χ2n) is 4.27. The first kappa shape index (κ1) is 12.7. The zero-order valence-electron chi connectivity index (χ0n) is 9.88. The van der Waals surface area contributed by atoms with Crippen molar-refractivity contribution >= 4 is 21.9 Å². The summed E-state index contributed by atoms with van der Waals surface area (Å²) < 4.78 is 0.896. The quantitative estimate of drug-likeness (QED) is 0.892. The number of hydrogen-bond acceptors (Lipinski definition) is 5. The molecule has 2 heterocycles. The molecular weight excluding hydrogens is 284 g/mol. The molecule has 1 aliphatic heterocycles. The minimum absolute atomic E-state index is 0.224. The van der Waals surface area contributed by atoms with E-state index in [-0.39, 0.29) is 6.61 Å². The molecule has 1 N–H and O–H groups in total. The van der Waals surface area contributed by atoms with E-state index in [2.05, 4.69) is 42.6 Å². The molecule has 17 heavy (non-hydrogen) atoms. The molecule has 94 valence electrons. The third-order valence-electron chi connectivity index (χ3n) is 2.99. The highest BCUT2D eigenvalue weighted by Crippen LogP contribution is 2.17. The van der Waals surface area contributed by atoms with Crippen molar-refractivity contribution in [3.63, 3.8) is 0 Å². The second-order valence-corrected chi connectivity index (χ2v) is 5.18. The van der Waals surface area contributed by atoms with Gasteiger partial charge in [-0.1, -0.05) is 0 Å². The lowest BCUT2D eigenvalue weighted by atomic mass is 10.2. The molecular formula is C11H17BrN4O. The van der Waals surface area contributed by atoms with Gasteiger partial charge in [0.1, 0.15) is 0 Å². The van der Waals surface area contributed by atoms with Gasteiger partial charge in [0.15, 0.2) is 0 Å². The molecule has 1 aromatic heterocycles. The topological polar surface area (TPSA) is 52.5 Å². The van der Waals surface area contributed by atoms with E-state index in [0.717, 1.165) is 36.6 Å². The Morgan fingerprint density at radius 1 is 1.41 bits per heavy atom. The van der Waals surface area contributed by atoms with Gasteiger partial charge in [0.05, 0.1) is 11.1 Å². The van der Waals surface area contributed by atoms with Gasteiger partial charge in [-0.05, 0) is 22.9 Å². The highest BCUT2D eigenvalue weighted by Gasteiger charge is 2.24. The van der Waals surface area contributed by atoms with Gasteiger partial charge in [-0.15, -0.1) is 0 Å². The minimum atomic E-state index is 0.224. The first-order chi connectivity index (χ1) is 8.20. The fourth-order valence-electron chi connectivity index (χ4n) is 2.13. The molecule has 0 aromatic carbocycles. The number of β-amino-alcohol motifs (C(OH)–C–C–N with tert-alkyl or cyclic N) is 1. The van der Waals surface area contributed by atoms with E-state index in [1.807, 2.05) is 0 Å². The lowest BCUT2D eigenvalue weighted by Gasteiger charge is -2.39. The maximum atomic E-state index is 8.93. The summed E-state index contributed by atoms with van der Waals surface area (Å²) in [7, 11) is 0. The van der Waals surface area contributed by atoms with Gasteiger partial charge in [0, 0.05) is 44.6 Å². The molecule has 1 aliphatic rings. The smallest absolute Gasteiger partial charge is 0.225 e. The first-order valence-corrected chi connectivity index (χ1v) is 6.57. The molecule has 0 amide bonds. The van der Waals surface area contributed by atoms with Crippen LogP contribution in [0.4, 0.5) is 5.95 Å². The van der Waals surface area contributed by atoms with E-state index in [9.17, 15) is 0 Å². The Balaban J connectivity index is 2.01. The fourth-order valence-corrected chi connectivity index (χ4v) is 2.33. The van der Waals surface area contributed by atoms with E-state index < -0.39 is 0 Å². The van der Waals surface area contributed by atoms with E-state index in [1.165, 1.54) is 0 Å². The van der Waals surface area contributed by atoms with Gasteiger partial charge in [-0.3, -0.25) is 4.90 Å². The largest absolute Gasteiger partial charge is 0.395 e. The first-order valence-electron chi connectivity index (χ1n) is 5.78. The van der Waals surface area contributed by atoms with Crippen molar-refractivity contribution in [3.05, 3.63) is 16.9 Å². The Kier molecular flexibility index (Phi) is 4.31. The van der Waals surface area contributed by atoms with Gasteiger partial charge >= 0.3 is 0 Å². The van der Waals surface area contributed by atoms with Crippen LogP contribution in [-0.4, -0.2) is 58.8 Å². The SMILES string of the molecule is CC1CN(CCO)CCN1c1ncc(Br)cn1. The van der Waals surface area contributed by atoms with Crippen LogP contribution >= 0.6 is 15.9 Å². The van der Waals surface area contributed by atoms with Gasteiger partial charge in [-0.2, -0.15) is 0 Å². The predicted octanol–water partition coefficient (Wildman–Crippen LogP) is 0.742. The van der Waals surface area contributed by atoms with Crippen LogP contribution in [0, 0.1) is 0 Å². The monoisotopic (exact) mass is 300 g/mol. The summed E-state index contributed by atoms with van der Waals surface area (Å²) in [6.07, 6.45) is 3.55. The number of hydrogen-bond donors (Lipinski definition) is 1. The Morgan fingerprint density at radius 2 is 2.12 bits per heavy atom. The van der Waals surface area contributed by atoms with Crippen LogP contribution in [0.5, 0.6) is 0 Å². The fraction of sp³-hybridized carbons (Fsp3) is 0.636. The van der Waals surface area contributed by atoms with Crippen molar-refractivity contribution in [2.45, 2.75) is 13.0 Å². The van der Waals surface area contributed by atoms with Crippen LogP contribution in [0.3, 0.4) is 0 Å². The van der Waals surface area contributed by atoms with Crippen LogP contribution in [0.1, 0.15) is 6.92 Å². The maximum absolute atomic E-state index is 8.93. The molecule has 6 heteroatoms. The van der Waals surface area contributed by atoms with E-state index >= 15 is 0 Å². The molecule has 1 aromatic rings. The number of aliphatic hydroxyl groups excluding tert-OH is 1. The number of halogens is 1. The average molecular weight is 301 g/mol. The van der Waals surface area contributed by atoms with Crippen molar-refractivity contribution in [1.29, 1.82) is 0 Å². The minimum Gasteiger partial charge on any atom is -0.395 e. The molecule has 0 spiro atoms. The number of piperazine rings is 1. The van der Waals surface area contributed by atoms with Crippen molar-refractivity contribution in [2.24, 2.45) is 0 Å². The molecule has 0 aliphatic carbocycles. The number of rotatable bonds is 3.